The molecule has 0 atom stereocenters. The zero-order chi connectivity index (χ0) is 24.6. The Morgan fingerprint density at radius 1 is 1.06 bits per heavy atom. The van der Waals surface area contributed by atoms with Crippen LogP contribution in [-0.2, 0) is 11.3 Å². The maximum Gasteiger partial charge on any atom is 0.337 e. The molecule has 1 N–H and O–H groups in total. The molecule has 0 saturated heterocycles. The number of hydrogen-bond acceptors (Lipinski definition) is 6. The number of halogens is 1. The number of carbonyl (C=O) groups is 1. The Bertz CT molecular complexity index is 1520. The zero-order valence-corrected chi connectivity index (χ0v) is 20.5. The number of benzene rings is 2. The molecule has 4 aromatic rings. The fourth-order valence-corrected chi connectivity index (χ4v) is 4.92. The summed E-state index contributed by atoms with van der Waals surface area (Å²) in [4.78, 5) is 41.2. The molecule has 0 unspecified atom stereocenters. The van der Waals surface area contributed by atoms with Crippen molar-refractivity contribution < 1.29 is 14.3 Å². The maximum atomic E-state index is 13.5. The molecule has 0 aliphatic heterocycles. The van der Waals surface area contributed by atoms with Gasteiger partial charge in [-0.2, -0.15) is 0 Å². The Hall–Kier alpha value is -3.56. The number of carbonyl (C=O) groups excluding carboxylic acids is 1. The fraction of sp³-hybridized carbons (Fsp3) is 0.208. The summed E-state index contributed by atoms with van der Waals surface area (Å²) >= 11 is 7.29. The van der Waals surface area contributed by atoms with Gasteiger partial charge in [-0.25, -0.2) is 9.36 Å². The first-order chi connectivity index (χ1) is 16.2. The van der Waals surface area contributed by atoms with Gasteiger partial charge in [-0.3, -0.25) is 14.2 Å². The molecule has 1 amide bonds. The molecule has 2 aromatic heterocycles. The molecule has 0 aliphatic carbocycles. The smallest absolute Gasteiger partial charge is 0.337 e. The summed E-state index contributed by atoms with van der Waals surface area (Å²) in [5.41, 5.74) is 0.534. The van der Waals surface area contributed by atoms with Gasteiger partial charge in [-0.05, 0) is 55.8 Å². The highest BCUT2D eigenvalue weighted by atomic mass is 35.5. The van der Waals surface area contributed by atoms with Crippen molar-refractivity contribution in [3.63, 3.8) is 0 Å². The van der Waals surface area contributed by atoms with Crippen LogP contribution in [0.2, 0.25) is 5.02 Å². The van der Waals surface area contributed by atoms with Gasteiger partial charge < -0.3 is 14.8 Å². The number of methoxy groups -OCH3 is 2. The maximum absolute atomic E-state index is 13.5. The second-order valence-corrected chi connectivity index (χ2v) is 9.20. The van der Waals surface area contributed by atoms with Gasteiger partial charge in [-0.1, -0.05) is 11.6 Å². The third-order valence-corrected chi connectivity index (χ3v) is 7.00. The van der Waals surface area contributed by atoms with Gasteiger partial charge in [0, 0.05) is 16.0 Å². The van der Waals surface area contributed by atoms with Crippen LogP contribution >= 0.6 is 22.9 Å². The molecular formula is C24H22ClN3O5S. The summed E-state index contributed by atoms with van der Waals surface area (Å²) in [5, 5.41) is 3.67. The zero-order valence-electron chi connectivity index (χ0n) is 19.0. The standard InChI is InChI=1S/C24H22ClN3O5S/c1-13-14(2)34-23-21(13)22(30)28(16-7-5-15(25)6-8-16)24(31)27(23)12-20(29)26-18-10-9-17(32-3)11-19(18)33-4/h5-11H,12H2,1-4H3,(H,26,29). The van der Waals surface area contributed by atoms with Crippen LogP contribution in [0.3, 0.4) is 0 Å². The number of fused-ring (bicyclic) bond motifs is 1. The van der Waals surface area contributed by atoms with E-state index >= 15 is 0 Å². The normalized spacial score (nSPS) is 11.0. The molecule has 8 nitrogen and oxygen atoms in total. The van der Waals surface area contributed by atoms with E-state index in [1.165, 1.54) is 30.1 Å². The molecule has 2 heterocycles. The van der Waals surface area contributed by atoms with Crippen LogP contribution < -0.4 is 26.0 Å². The molecule has 0 bridgehead atoms. The minimum Gasteiger partial charge on any atom is -0.497 e. The third kappa shape index (κ3) is 4.20. The second-order valence-electron chi connectivity index (χ2n) is 7.56. The van der Waals surface area contributed by atoms with Crippen molar-refractivity contribution >= 4 is 44.7 Å². The highest BCUT2D eigenvalue weighted by molar-refractivity contribution is 7.18. The minimum absolute atomic E-state index is 0.294. The molecule has 0 aliphatic rings. The number of ether oxygens (including phenoxy) is 2. The quantitative estimate of drug-likeness (QED) is 0.430. The van der Waals surface area contributed by atoms with Crippen LogP contribution in [0.25, 0.3) is 15.9 Å². The summed E-state index contributed by atoms with van der Waals surface area (Å²) < 4.78 is 12.9. The number of aromatic nitrogens is 2. The summed E-state index contributed by atoms with van der Waals surface area (Å²) in [6.45, 7) is 3.42. The Morgan fingerprint density at radius 3 is 2.41 bits per heavy atom. The van der Waals surface area contributed by atoms with Crippen molar-refractivity contribution in [2.45, 2.75) is 20.4 Å². The van der Waals surface area contributed by atoms with Crippen LogP contribution in [0.4, 0.5) is 5.69 Å². The first kappa shape index (κ1) is 23.6. The number of anilines is 1. The molecule has 0 fully saturated rings. The lowest BCUT2D eigenvalue weighted by Crippen LogP contribution is -2.40. The molecule has 10 heteroatoms. The van der Waals surface area contributed by atoms with Crippen molar-refractivity contribution in [2.24, 2.45) is 0 Å². The van der Waals surface area contributed by atoms with Crippen molar-refractivity contribution in [3.8, 4) is 17.2 Å². The van der Waals surface area contributed by atoms with Crippen molar-refractivity contribution in [1.82, 2.24) is 9.13 Å². The monoisotopic (exact) mass is 499 g/mol. The van der Waals surface area contributed by atoms with Gasteiger partial charge in [0.25, 0.3) is 5.56 Å². The number of nitrogens with zero attached hydrogens (tertiary/aromatic N) is 2. The van der Waals surface area contributed by atoms with Gasteiger partial charge in [0.05, 0.1) is 31.0 Å². The minimum atomic E-state index is -0.613. The fourth-order valence-electron chi connectivity index (χ4n) is 3.65. The van der Waals surface area contributed by atoms with E-state index in [1.54, 1.807) is 42.5 Å². The predicted octanol–water partition coefficient (Wildman–Crippen LogP) is 4.14. The number of nitrogens with one attached hydrogen (secondary N) is 1. The summed E-state index contributed by atoms with van der Waals surface area (Å²) in [5.74, 6) is 0.545. The van der Waals surface area contributed by atoms with E-state index in [-0.39, 0.29) is 6.54 Å². The SMILES string of the molecule is COc1ccc(NC(=O)Cn2c(=O)n(-c3ccc(Cl)cc3)c(=O)c3c(C)c(C)sc32)c(OC)c1. The lowest BCUT2D eigenvalue weighted by Gasteiger charge is -2.14. The summed E-state index contributed by atoms with van der Waals surface area (Å²) in [6.07, 6.45) is 0. The van der Waals surface area contributed by atoms with E-state index in [1.807, 2.05) is 13.8 Å². The van der Waals surface area contributed by atoms with E-state index < -0.39 is 17.2 Å². The van der Waals surface area contributed by atoms with E-state index in [4.69, 9.17) is 21.1 Å². The van der Waals surface area contributed by atoms with Crippen LogP contribution in [0.5, 0.6) is 11.5 Å². The Labute approximate surface area is 203 Å². The largest absolute Gasteiger partial charge is 0.497 e. The predicted molar refractivity (Wildman–Crippen MR) is 134 cm³/mol. The number of hydrogen-bond donors (Lipinski definition) is 1. The molecule has 0 saturated carbocycles. The number of amides is 1. The average molecular weight is 500 g/mol. The van der Waals surface area contributed by atoms with E-state index in [2.05, 4.69) is 5.32 Å². The number of aryl methyl sites for hydroxylation is 2. The number of thiophene rings is 1. The molecule has 176 valence electrons. The Balaban J connectivity index is 1.82. The Morgan fingerprint density at radius 2 is 1.76 bits per heavy atom. The summed E-state index contributed by atoms with van der Waals surface area (Å²) in [6, 6.07) is 11.4. The highest BCUT2D eigenvalue weighted by Crippen LogP contribution is 2.30. The van der Waals surface area contributed by atoms with Crippen molar-refractivity contribution in [1.29, 1.82) is 0 Å². The Kier molecular flexibility index (Phi) is 6.49. The van der Waals surface area contributed by atoms with Gasteiger partial charge >= 0.3 is 5.69 Å². The van der Waals surface area contributed by atoms with Crippen LogP contribution in [0.1, 0.15) is 10.4 Å². The molecule has 2 aromatic carbocycles. The van der Waals surface area contributed by atoms with Gasteiger partial charge in [0.2, 0.25) is 5.91 Å². The van der Waals surface area contributed by atoms with Crippen LogP contribution in [0, 0.1) is 13.8 Å². The van der Waals surface area contributed by atoms with Gasteiger partial charge in [0.15, 0.2) is 0 Å². The van der Waals surface area contributed by atoms with Crippen molar-refractivity contribution in [2.75, 3.05) is 19.5 Å². The van der Waals surface area contributed by atoms with Gasteiger partial charge in [-0.15, -0.1) is 11.3 Å². The second kappa shape index (κ2) is 9.36. The average Bonchev–Trinajstić information content (AvgIpc) is 3.12. The molecule has 0 radical (unpaired) electrons. The molecule has 4 rings (SSSR count). The third-order valence-electron chi connectivity index (χ3n) is 5.52. The molecule has 0 spiro atoms. The van der Waals surface area contributed by atoms with E-state index in [0.717, 1.165) is 15.0 Å². The molecular weight excluding hydrogens is 478 g/mol. The lowest BCUT2D eigenvalue weighted by molar-refractivity contribution is -0.116. The topological polar surface area (TPSA) is 91.6 Å². The highest BCUT2D eigenvalue weighted by Gasteiger charge is 2.21. The molecule has 34 heavy (non-hydrogen) atoms. The van der Waals surface area contributed by atoms with Crippen LogP contribution in [0.15, 0.2) is 52.1 Å². The summed E-state index contributed by atoms with van der Waals surface area (Å²) in [7, 11) is 3.02. The van der Waals surface area contributed by atoms with Crippen molar-refractivity contribution in [3.05, 3.63) is 78.8 Å². The lowest BCUT2D eigenvalue weighted by atomic mass is 10.2. The van der Waals surface area contributed by atoms with E-state index in [9.17, 15) is 14.4 Å². The van der Waals surface area contributed by atoms with Gasteiger partial charge in [0.1, 0.15) is 22.9 Å². The van der Waals surface area contributed by atoms with E-state index in [0.29, 0.717) is 38.1 Å². The first-order valence-electron chi connectivity index (χ1n) is 10.3. The van der Waals surface area contributed by atoms with Crippen LogP contribution in [-0.4, -0.2) is 29.3 Å². The number of rotatable bonds is 6. The first-order valence-corrected chi connectivity index (χ1v) is 11.5.